The summed E-state index contributed by atoms with van der Waals surface area (Å²) < 4.78 is 5.33. The van der Waals surface area contributed by atoms with Gasteiger partial charge in [-0.3, -0.25) is 9.59 Å². The first-order chi connectivity index (χ1) is 16.9. The van der Waals surface area contributed by atoms with Crippen molar-refractivity contribution in [2.75, 3.05) is 11.9 Å². The average Bonchev–Trinajstić information content (AvgIpc) is 2.79. The number of alkyl carbamates (subject to hydrolysis) is 1. The van der Waals surface area contributed by atoms with Crippen molar-refractivity contribution in [2.45, 2.75) is 85.4 Å². The number of benzene rings is 2. The van der Waals surface area contributed by atoms with E-state index in [0.29, 0.717) is 17.8 Å². The molecule has 0 aliphatic rings. The predicted molar refractivity (Wildman–Crippen MR) is 144 cm³/mol. The third-order valence-corrected chi connectivity index (χ3v) is 5.75. The first kappa shape index (κ1) is 28.9. The number of para-hydroxylation sites is 1. The highest BCUT2D eigenvalue weighted by Gasteiger charge is 2.34. The summed E-state index contributed by atoms with van der Waals surface area (Å²) in [4.78, 5) is 41.4. The van der Waals surface area contributed by atoms with Crippen LogP contribution in [-0.4, -0.2) is 41.0 Å². The smallest absolute Gasteiger partial charge is 0.408 e. The summed E-state index contributed by atoms with van der Waals surface area (Å²) in [5.41, 5.74) is 2.70. The molecule has 196 valence electrons. The molecule has 7 nitrogen and oxygen atoms in total. The lowest BCUT2D eigenvalue weighted by Crippen LogP contribution is -2.51. The topological polar surface area (TPSA) is 87.7 Å². The molecule has 0 spiro atoms. The zero-order chi connectivity index (χ0) is 26.9. The van der Waals surface area contributed by atoms with Gasteiger partial charge in [-0.2, -0.15) is 0 Å². The Morgan fingerprint density at radius 2 is 1.61 bits per heavy atom. The van der Waals surface area contributed by atoms with Gasteiger partial charge in [-0.1, -0.05) is 67.8 Å². The molecule has 2 unspecified atom stereocenters. The molecule has 36 heavy (non-hydrogen) atoms. The molecule has 2 aromatic carbocycles. The Morgan fingerprint density at radius 3 is 2.19 bits per heavy atom. The number of hydrogen-bond acceptors (Lipinski definition) is 4. The van der Waals surface area contributed by atoms with Gasteiger partial charge in [0.05, 0.1) is 0 Å². The van der Waals surface area contributed by atoms with Crippen molar-refractivity contribution >= 4 is 23.6 Å². The largest absolute Gasteiger partial charge is 0.444 e. The highest BCUT2D eigenvalue weighted by atomic mass is 16.6. The number of aryl methyl sites for hydroxylation is 2. The van der Waals surface area contributed by atoms with E-state index in [2.05, 4.69) is 17.6 Å². The maximum Gasteiger partial charge on any atom is 0.408 e. The average molecular weight is 496 g/mol. The Bertz CT molecular complexity index is 1030. The summed E-state index contributed by atoms with van der Waals surface area (Å²) in [5.74, 6) is -0.648. The van der Waals surface area contributed by atoms with Crippen LogP contribution in [0.15, 0.2) is 48.5 Å². The first-order valence-electron chi connectivity index (χ1n) is 12.7. The zero-order valence-corrected chi connectivity index (χ0v) is 22.7. The van der Waals surface area contributed by atoms with Gasteiger partial charge in [0.2, 0.25) is 5.91 Å². The Morgan fingerprint density at radius 1 is 0.972 bits per heavy atom. The number of ether oxygens (including phenoxy) is 1. The molecule has 0 heterocycles. The fraction of sp³-hybridized carbons (Fsp3) is 0.483. The molecular weight excluding hydrogens is 454 g/mol. The predicted octanol–water partition coefficient (Wildman–Crippen LogP) is 5.92. The molecule has 2 rings (SSSR count). The van der Waals surface area contributed by atoms with Crippen LogP contribution in [0.25, 0.3) is 0 Å². The molecule has 0 fully saturated rings. The van der Waals surface area contributed by atoms with Crippen LogP contribution in [0.5, 0.6) is 0 Å². The third-order valence-electron chi connectivity index (χ3n) is 5.75. The molecular formula is C29H41N3O4. The summed E-state index contributed by atoms with van der Waals surface area (Å²) in [6.07, 6.45) is 1.95. The number of amides is 3. The van der Waals surface area contributed by atoms with Crippen LogP contribution >= 0.6 is 0 Å². The van der Waals surface area contributed by atoms with Crippen LogP contribution < -0.4 is 10.6 Å². The lowest BCUT2D eigenvalue weighted by Gasteiger charge is -2.34. The number of nitrogens with zero attached hydrogens (tertiary/aromatic N) is 1. The quantitative estimate of drug-likeness (QED) is 0.401. The molecule has 0 aliphatic heterocycles. The second-order valence-electron chi connectivity index (χ2n) is 10.2. The van der Waals surface area contributed by atoms with E-state index in [9.17, 15) is 14.4 Å². The minimum absolute atomic E-state index is 0.303. The van der Waals surface area contributed by atoms with E-state index in [-0.39, 0.29) is 11.8 Å². The van der Waals surface area contributed by atoms with Crippen LogP contribution in [0.4, 0.5) is 10.5 Å². The van der Waals surface area contributed by atoms with Crippen molar-refractivity contribution < 1.29 is 19.1 Å². The minimum Gasteiger partial charge on any atom is -0.444 e. The molecule has 0 bridgehead atoms. The normalized spacial score (nSPS) is 12.9. The number of anilines is 1. The highest BCUT2D eigenvalue weighted by molar-refractivity contribution is 5.99. The van der Waals surface area contributed by atoms with E-state index in [1.54, 1.807) is 32.6 Å². The van der Waals surface area contributed by atoms with E-state index in [1.165, 1.54) is 0 Å². The SMILES string of the molecule is CCCCCN(C(=O)C(C)NC(=O)OC(C)(C)C)C(C(=O)Nc1ccccc1C)c1ccc(C)cc1. The maximum absolute atomic E-state index is 13.7. The molecule has 3 amide bonds. The Kier molecular flexibility index (Phi) is 10.5. The van der Waals surface area contributed by atoms with E-state index >= 15 is 0 Å². The van der Waals surface area contributed by atoms with Crippen LogP contribution in [0.2, 0.25) is 0 Å². The molecule has 0 aromatic heterocycles. The van der Waals surface area contributed by atoms with Crippen molar-refractivity contribution in [3.8, 4) is 0 Å². The van der Waals surface area contributed by atoms with Crippen LogP contribution in [0, 0.1) is 13.8 Å². The summed E-state index contributed by atoms with van der Waals surface area (Å²) in [6.45, 7) is 13.3. The molecule has 0 aliphatic carbocycles. The molecule has 7 heteroatoms. The summed E-state index contributed by atoms with van der Waals surface area (Å²) >= 11 is 0. The monoisotopic (exact) mass is 495 g/mol. The van der Waals surface area contributed by atoms with E-state index in [1.807, 2.05) is 62.4 Å². The number of nitrogens with one attached hydrogen (secondary N) is 2. The third kappa shape index (κ3) is 8.70. The van der Waals surface area contributed by atoms with Crippen molar-refractivity contribution in [1.82, 2.24) is 10.2 Å². The summed E-state index contributed by atoms with van der Waals surface area (Å²) in [6, 6.07) is 13.4. The van der Waals surface area contributed by atoms with Gasteiger partial charge in [0.25, 0.3) is 5.91 Å². The first-order valence-corrected chi connectivity index (χ1v) is 12.7. The fourth-order valence-electron chi connectivity index (χ4n) is 3.83. The Labute approximate surface area is 215 Å². The maximum atomic E-state index is 13.7. The lowest BCUT2D eigenvalue weighted by atomic mass is 10.0. The molecule has 2 N–H and O–H groups in total. The Hall–Kier alpha value is -3.35. The van der Waals surface area contributed by atoms with Gasteiger partial charge in [-0.05, 0) is 65.2 Å². The lowest BCUT2D eigenvalue weighted by molar-refractivity contribution is -0.140. The summed E-state index contributed by atoms with van der Waals surface area (Å²) in [5, 5.41) is 5.65. The number of hydrogen-bond donors (Lipinski definition) is 2. The molecule has 0 saturated carbocycles. The van der Waals surface area contributed by atoms with Crippen LogP contribution in [0.1, 0.15) is 76.6 Å². The second-order valence-corrected chi connectivity index (χ2v) is 10.2. The molecule has 2 aromatic rings. The van der Waals surface area contributed by atoms with Crippen molar-refractivity contribution in [1.29, 1.82) is 0 Å². The second kappa shape index (κ2) is 13.1. The Balaban J connectivity index is 2.42. The number of carbonyl (C=O) groups excluding carboxylic acids is 3. The molecule has 0 radical (unpaired) electrons. The van der Waals surface area contributed by atoms with Gasteiger partial charge < -0.3 is 20.3 Å². The number of carbonyl (C=O) groups is 3. The molecule has 0 saturated heterocycles. The van der Waals surface area contributed by atoms with Crippen molar-refractivity contribution in [3.05, 3.63) is 65.2 Å². The van der Waals surface area contributed by atoms with Gasteiger partial charge in [0.15, 0.2) is 0 Å². The standard InChI is InChI=1S/C29H41N3O4/c1-8-9-12-19-32(27(34)22(4)30-28(35)36-29(5,6)7)25(23-17-15-20(2)16-18-23)26(33)31-24-14-11-10-13-21(24)3/h10-11,13-18,22,25H,8-9,12,19H2,1-7H3,(H,30,35)(H,31,33). The zero-order valence-electron chi connectivity index (χ0n) is 22.7. The van der Waals surface area contributed by atoms with Gasteiger partial charge in [-0.25, -0.2) is 4.79 Å². The number of rotatable bonds is 10. The minimum atomic E-state index is -0.874. The summed E-state index contributed by atoms with van der Waals surface area (Å²) in [7, 11) is 0. The van der Waals surface area contributed by atoms with Gasteiger partial charge in [0.1, 0.15) is 17.7 Å². The molecule has 2 atom stereocenters. The van der Waals surface area contributed by atoms with Crippen LogP contribution in [0.3, 0.4) is 0 Å². The van der Waals surface area contributed by atoms with Gasteiger partial charge >= 0.3 is 6.09 Å². The van der Waals surface area contributed by atoms with E-state index < -0.39 is 23.8 Å². The van der Waals surface area contributed by atoms with Gasteiger partial charge in [0, 0.05) is 12.2 Å². The highest BCUT2D eigenvalue weighted by Crippen LogP contribution is 2.26. The number of unbranched alkanes of at least 4 members (excludes halogenated alkanes) is 2. The van der Waals surface area contributed by atoms with Crippen molar-refractivity contribution in [2.24, 2.45) is 0 Å². The van der Waals surface area contributed by atoms with E-state index in [4.69, 9.17) is 4.74 Å². The van der Waals surface area contributed by atoms with Crippen LogP contribution in [-0.2, 0) is 14.3 Å². The fourth-order valence-corrected chi connectivity index (χ4v) is 3.83. The van der Waals surface area contributed by atoms with E-state index in [0.717, 1.165) is 30.4 Å². The van der Waals surface area contributed by atoms with Gasteiger partial charge in [-0.15, -0.1) is 0 Å². The van der Waals surface area contributed by atoms with Crippen molar-refractivity contribution in [3.63, 3.8) is 0 Å².